The average molecular weight is 1050 g/mol. The fraction of sp³-hybridized carbons (Fsp3) is 0.259. The van der Waals surface area contributed by atoms with Crippen LogP contribution in [0.3, 0.4) is 0 Å². The Bertz CT molecular complexity index is 3040. The summed E-state index contributed by atoms with van der Waals surface area (Å²) in [4.78, 5) is 19.2. The number of para-hydroxylation sites is 1. The summed E-state index contributed by atoms with van der Waals surface area (Å²) in [5.74, 6) is 8.82. The number of furan rings is 1. The van der Waals surface area contributed by atoms with Gasteiger partial charge in [-0.3, -0.25) is 9.97 Å². The first-order valence-electron chi connectivity index (χ1n) is 21.4. The number of benzene rings is 4. The van der Waals surface area contributed by atoms with E-state index in [2.05, 4.69) is 171 Å². The third kappa shape index (κ3) is 8.60. The van der Waals surface area contributed by atoms with E-state index < -0.39 is 13.3 Å². The van der Waals surface area contributed by atoms with Gasteiger partial charge in [-0.25, -0.2) is 4.98 Å². The van der Waals surface area contributed by atoms with Gasteiger partial charge in [-0.15, -0.1) is 17.7 Å². The zero-order valence-electron chi connectivity index (χ0n) is 37.9. The predicted octanol–water partition coefficient (Wildman–Crippen LogP) is 13.7. The van der Waals surface area contributed by atoms with E-state index in [0.717, 1.165) is 61.4 Å². The second kappa shape index (κ2) is 17.9. The molecule has 0 aliphatic carbocycles. The van der Waals surface area contributed by atoms with Crippen LogP contribution in [0.1, 0.15) is 78.7 Å². The zero-order valence-corrected chi connectivity index (χ0v) is 42.4. The van der Waals surface area contributed by atoms with Crippen LogP contribution in [0.2, 0.25) is 17.3 Å². The molecule has 9 rings (SSSR count). The van der Waals surface area contributed by atoms with E-state index in [-0.39, 0.29) is 20.1 Å². The SMILES string of the molecule is Cc1cc2nc(-c3[c-]c4oc5nc(C)cc(C)c5c4cc3)n(-c3c(C(C)C)cccc3C(C)C)c2cn1.Cc1cccc(C)c1-c1cc(-c2[c-]cccc2)nc[c]1[Ge]([CH3])([CH3])[CH3].[Ir]. The Labute approximate surface area is 383 Å². The van der Waals surface area contributed by atoms with Crippen LogP contribution in [0, 0.1) is 46.8 Å². The molecule has 0 unspecified atom stereocenters. The van der Waals surface area contributed by atoms with Gasteiger partial charge in [-0.1, -0.05) is 57.3 Å². The minimum atomic E-state index is -2.04. The minimum absolute atomic E-state index is 0. The van der Waals surface area contributed by atoms with Crippen LogP contribution in [0.25, 0.3) is 72.6 Å². The van der Waals surface area contributed by atoms with Gasteiger partial charge in [0.15, 0.2) is 0 Å². The Hall–Kier alpha value is -5.21. The molecule has 4 aromatic carbocycles. The number of pyridine rings is 3. The predicted molar refractivity (Wildman–Crippen MR) is 257 cm³/mol. The summed E-state index contributed by atoms with van der Waals surface area (Å²) in [6, 6.07) is 38.7. The Morgan fingerprint density at radius 2 is 1.37 bits per heavy atom. The fourth-order valence-corrected chi connectivity index (χ4v) is 11.7. The van der Waals surface area contributed by atoms with Gasteiger partial charge in [0.1, 0.15) is 0 Å². The number of hydrogen-bond donors (Lipinski definition) is 0. The number of nitrogens with zero attached hydrogens (tertiary/aromatic N) is 5. The van der Waals surface area contributed by atoms with Crippen molar-refractivity contribution in [1.29, 1.82) is 0 Å². The van der Waals surface area contributed by atoms with Crippen LogP contribution in [0.5, 0.6) is 0 Å². The number of imidazole rings is 1. The molecular formula is C54H55GeIrN5O-2. The molecule has 0 aliphatic heterocycles. The largest absolute Gasteiger partial charge is 0 e. The maximum atomic E-state index is 6.22. The molecule has 0 amide bonds. The molecule has 0 fully saturated rings. The van der Waals surface area contributed by atoms with E-state index in [1.165, 1.54) is 43.5 Å². The van der Waals surface area contributed by atoms with E-state index in [0.29, 0.717) is 23.1 Å². The molecule has 62 heavy (non-hydrogen) atoms. The molecule has 5 aromatic heterocycles. The van der Waals surface area contributed by atoms with Crippen molar-refractivity contribution in [2.45, 2.75) is 91.4 Å². The van der Waals surface area contributed by atoms with Crippen LogP contribution in [0.15, 0.2) is 108 Å². The summed E-state index contributed by atoms with van der Waals surface area (Å²) in [5, 5.41) is 2.07. The monoisotopic (exact) mass is 1060 g/mol. The van der Waals surface area contributed by atoms with E-state index in [4.69, 9.17) is 14.4 Å². The van der Waals surface area contributed by atoms with E-state index in [1.54, 1.807) is 0 Å². The molecule has 0 atom stereocenters. The number of aromatic nitrogens is 5. The second-order valence-electron chi connectivity index (χ2n) is 18.1. The molecule has 9 aromatic rings. The quantitative estimate of drug-likeness (QED) is 0.117. The van der Waals surface area contributed by atoms with Gasteiger partial charge < -0.3 is 8.98 Å². The van der Waals surface area contributed by atoms with Crippen molar-refractivity contribution in [3.63, 3.8) is 0 Å². The second-order valence-corrected chi connectivity index (χ2v) is 28.6. The Balaban J connectivity index is 0.000000201. The smallest absolute Gasteiger partial charge is 0 e. The van der Waals surface area contributed by atoms with Gasteiger partial charge in [0, 0.05) is 42.6 Å². The van der Waals surface area contributed by atoms with E-state index >= 15 is 0 Å². The number of hydrogen-bond acceptors (Lipinski definition) is 5. The number of fused-ring (bicyclic) bond motifs is 4. The van der Waals surface area contributed by atoms with Gasteiger partial charge in [0.2, 0.25) is 5.71 Å². The molecule has 0 N–H and O–H groups in total. The van der Waals surface area contributed by atoms with Gasteiger partial charge in [0.05, 0.1) is 28.6 Å². The zero-order chi connectivity index (χ0) is 43.3. The summed E-state index contributed by atoms with van der Waals surface area (Å²) in [5.41, 5.74) is 18.4. The van der Waals surface area contributed by atoms with Crippen LogP contribution in [-0.4, -0.2) is 37.8 Å². The summed E-state index contributed by atoms with van der Waals surface area (Å²) < 4.78 is 9.97. The molecule has 0 saturated carbocycles. The summed E-state index contributed by atoms with van der Waals surface area (Å²) >= 11 is -2.04. The maximum Gasteiger partial charge on any atom is 0 e. The van der Waals surface area contributed by atoms with Crippen molar-refractivity contribution < 1.29 is 24.5 Å². The van der Waals surface area contributed by atoms with Gasteiger partial charge >= 0.3 is 148 Å². The first-order chi connectivity index (χ1) is 29.1. The third-order valence-electron chi connectivity index (χ3n) is 11.6. The average Bonchev–Trinajstić information content (AvgIpc) is 3.78. The Morgan fingerprint density at radius 1 is 0.677 bits per heavy atom. The molecule has 0 saturated heterocycles. The number of aryl methyl sites for hydroxylation is 5. The first-order valence-corrected chi connectivity index (χ1v) is 28.7. The van der Waals surface area contributed by atoms with Crippen LogP contribution in [-0.2, 0) is 20.1 Å². The van der Waals surface area contributed by atoms with Crippen molar-refractivity contribution in [2.24, 2.45) is 0 Å². The molecule has 5 heterocycles. The van der Waals surface area contributed by atoms with Gasteiger partial charge in [-0.05, 0) is 61.4 Å². The maximum absolute atomic E-state index is 6.22. The molecule has 0 aliphatic rings. The molecule has 0 bridgehead atoms. The Kier molecular flexibility index (Phi) is 12.9. The first kappa shape index (κ1) is 44.8. The topological polar surface area (TPSA) is 69.6 Å². The molecular weight excluding hydrogens is 999 g/mol. The van der Waals surface area contributed by atoms with E-state index in [1.807, 2.05) is 38.2 Å². The Morgan fingerprint density at radius 3 is 2.02 bits per heavy atom. The molecule has 317 valence electrons. The van der Waals surface area contributed by atoms with Crippen molar-refractivity contribution in [2.75, 3.05) is 0 Å². The molecule has 0 spiro atoms. The van der Waals surface area contributed by atoms with E-state index in [9.17, 15) is 0 Å². The van der Waals surface area contributed by atoms with Crippen molar-refractivity contribution >= 4 is 50.8 Å². The van der Waals surface area contributed by atoms with Crippen LogP contribution < -0.4 is 4.40 Å². The van der Waals surface area contributed by atoms with Gasteiger partial charge in [0.25, 0.3) is 0 Å². The summed E-state index contributed by atoms with van der Waals surface area (Å²) in [6.45, 7) is 19.5. The number of rotatable bonds is 7. The normalized spacial score (nSPS) is 11.7. The van der Waals surface area contributed by atoms with Gasteiger partial charge in [-0.2, -0.15) is 0 Å². The van der Waals surface area contributed by atoms with Crippen molar-refractivity contribution in [1.82, 2.24) is 24.5 Å². The van der Waals surface area contributed by atoms with Crippen LogP contribution in [0.4, 0.5) is 0 Å². The molecule has 1 radical (unpaired) electrons. The molecule has 8 heteroatoms. The van der Waals surface area contributed by atoms with Crippen molar-refractivity contribution in [3.05, 3.63) is 155 Å². The van der Waals surface area contributed by atoms with Crippen LogP contribution >= 0.6 is 0 Å². The fourth-order valence-electron chi connectivity index (χ4n) is 8.64. The third-order valence-corrected chi connectivity index (χ3v) is 15.8. The standard InChI is InChI=1S/C32H31N4O.C22H24GeN.Ir/c1-17(2)23-9-8-10-24(18(3)4)30(23)36-27-16-33-20(6)14-26(27)35-31(36)22-11-12-25-28(15-22)37-32-29(25)19(5)13-21(7)34-32;1-16-10-9-11-17(2)22(16)19-14-21(18-12-7-6-8-13-18)24-15-20(19)23(3,4)5;/h8-14,16-18H,1-7H3;6-12,14-15H,1-5H3;/q2*-1;. The summed E-state index contributed by atoms with van der Waals surface area (Å²) in [6.07, 6.45) is 4.07. The minimum Gasteiger partial charge on any atom is 0 e. The molecule has 6 nitrogen and oxygen atoms in total. The van der Waals surface area contributed by atoms with Crippen molar-refractivity contribution in [3.8, 4) is 39.5 Å². The summed E-state index contributed by atoms with van der Waals surface area (Å²) in [7, 11) is 0.